The summed E-state index contributed by atoms with van der Waals surface area (Å²) in [5, 5.41) is 3.31. The molecular weight excluding hydrogens is 334 g/mol. The molecule has 0 radical (unpaired) electrons. The zero-order chi connectivity index (χ0) is 18.1. The number of esters is 1. The molecule has 1 fully saturated rings. The first-order valence-electron chi connectivity index (χ1n) is 8.43. The lowest BCUT2D eigenvalue weighted by atomic mass is 9.97. The van der Waals surface area contributed by atoms with E-state index in [4.69, 9.17) is 9.47 Å². The first kappa shape index (κ1) is 19.3. The number of hydrogen-bond acceptors (Lipinski definition) is 5. The van der Waals surface area contributed by atoms with E-state index in [1.54, 1.807) is 30.0 Å². The van der Waals surface area contributed by atoms with Crippen LogP contribution in [0.25, 0.3) is 0 Å². The Bertz CT molecular complexity index is 648. The molecule has 0 saturated carbocycles. The van der Waals surface area contributed by atoms with E-state index in [-0.39, 0.29) is 5.97 Å². The van der Waals surface area contributed by atoms with Gasteiger partial charge in [0.2, 0.25) is 0 Å². The van der Waals surface area contributed by atoms with Gasteiger partial charge in [-0.1, -0.05) is 25.3 Å². The van der Waals surface area contributed by atoms with Gasteiger partial charge in [0.15, 0.2) is 0 Å². The van der Waals surface area contributed by atoms with Crippen molar-refractivity contribution >= 4 is 17.7 Å². The van der Waals surface area contributed by atoms with Crippen molar-refractivity contribution in [3.63, 3.8) is 0 Å². The molecule has 0 unspecified atom stereocenters. The Morgan fingerprint density at radius 1 is 1.36 bits per heavy atom. The van der Waals surface area contributed by atoms with Gasteiger partial charge < -0.3 is 14.8 Å². The predicted molar refractivity (Wildman–Crippen MR) is 103 cm³/mol. The molecule has 0 spiro atoms. The molecule has 0 atom stereocenters. The molecule has 1 aromatic carbocycles. The largest absolute Gasteiger partial charge is 0.465 e. The van der Waals surface area contributed by atoms with Crippen molar-refractivity contribution in [1.29, 1.82) is 0 Å². The molecule has 134 valence electrons. The summed E-state index contributed by atoms with van der Waals surface area (Å²) in [7, 11) is 0. The topological polar surface area (TPSA) is 47.6 Å². The number of rotatable bonds is 8. The molecule has 1 aliphatic heterocycles. The Balaban J connectivity index is 2.20. The Morgan fingerprint density at radius 3 is 2.76 bits per heavy atom. The fourth-order valence-corrected chi connectivity index (χ4v) is 3.99. The molecular formula is C20H25NO3S. The number of ether oxygens (including phenoxy) is 2. The summed E-state index contributed by atoms with van der Waals surface area (Å²) < 4.78 is 10.6. The van der Waals surface area contributed by atoms with Gasteiger partial charge in [-0.05, 0) is 63.2 Å². The smallest absolute Gasteiger partial charge is 0.322 e. The van der Waals surface area contributed by atoms with Crippen LogP contribution >= 0.6 is 11.8 Å². The summed E-state index contributed by atoms with van der Waals surface area (Å²) in [5.41, 5.74) is 0. The number of piperidine rings is 1. The molecule has 1 aliphatic rings. The SMILES string of the molecule is C=C/C=C(\C=C)Oc1cccc(SC2(C(=O)OCC)CCNCC2)c1. The van der Waals surface area contributed by atoms with Crippen LogP contribution < -0.4 is 10.1 Å². The fraction of sp³-hybridized carbons (Fsp3) is 0.350. The Kier molecular flexibility index (Phi) is 7.34. The third-order valence-corrected chi connectivity index (χ3v) is 5.35. The number of nitrogens with one attached hydrogen (secondary N) is 1. The number of hydrogen-bond donors (Lipinski definition) is 1. The Hall–Kier alpha value is -1.98. The highest BCUT2D eigenvalue weighted by Gasteiger charge is 2.42. The van der Waals surface area contributed by atoms with Gasteiger partial charge in [0.05, 0.1) is 6.61 Å². The standard InChI is InChI=1S/C20H25NO3S/c1-4-8-16(5-2)24-17-9-7-10-18(15-17)25-20(19(22)23-6-3)11-13-21-14-12-20/h4-5,7-10,15,21H,1-2,6,11-14H2,3H3/b16-8+. The van der Waals surface area contributed by atoms with Crippen molar-refractivity contribution in [3.8, 4) is 5.75 Å². The van der Waals surface area contributed by atoms with Gasteiger partial charge in [0.25, 0.3) is 0 Å². The van der Waals surface area contributed by atoms with Gasteiger partial charge >= 0.3 is 5.97 Å². The van der Waals surface area contributed by atoms with Gasteiger partial charge in [-0.2, -0.15) is 0 Å². The first-order chi connectivity index (χ1) is 12.1. The lowest BCUT2D eigenvalue weighted by molar-refractivity contribution is -0.146. The minimum absolute atomic E-state index is 0.133. The molecule has 5 heteroatoms. The summed E-state index contributed by atoms with van der Waals surface area (Å²) in [5.74, 6) is 1.19. The van der Waals surface area contributed by atoms with Crippen LogP contribution in [0.5, 0.6) is 5.75 Å². The van der Waals surface area contributed by atoms with E-state index in [2.05, 4.69) is 18.5 Å². The summed E-state index contributed by atoms with van der Waals surface area (Å²) in [6.07, 6.45) is 6.53. The van der Waals surface area contributed by atoms with Crippen LogP contribution in [0.15, 0.2) is 66.3 Å². The van der Waals surface area contributed by atoms with Gasteiger partial charge in [-0.25, -0.2) is 0 Å². The Morgan fingerprint density at radius 2 is 2.12 bits per heavy atom. The molecule has 0 bridgehead atoms. The number of carbonyl (C=O) groups is 1. The maximum atomic E-state index is 12.6. The second-order valence-electron chi connectivity index (χ2n) is 5.65. The van der Waals surface area contributed by atoms with E-state index in [9.17, 15) is 4.79 Å². The third kappa shape index (κ3) is 5.25. The first-order valence-corrected chi connectivity index (χ1v) is 9.25. The Labute approximate surface area is 154 Å². The molecule has 1 heterocycles. The maximum absolute atomic E-state index is 12.6. The molecule has 0 aromatic heterocycles. The zero-order valence-electron chi connectivity index (χ0n) is 14.6. The van der Waals surface area contributed by atoms with Crippen molar-refractivity contribution < 1.29 is 14.3 Å². The molecule has 25 heavy (non-hydrogen) atoms. The summed E-state index contributed by atoms with van der Waals surface area (Å²) in [6, 6.07) is 7.73. The van der Waals surface area contributed by atoms with Crippen LogP contribution in [0.4, 0.5) is 0 Å². The van der Waals surface area contributed by atoms with Crippen LogP contribution in [0.3, 0.4) is 0 Å². The molecule has 0 amide bonds. The van der Waals surface area contributed by atoms with E-state index in [1.165, 1.54) is 0 Å². The number of carbonyl (C=O) groups excluding carboxylic acids is 1. The second-order valence-corrected chi connectivity index (χ2v) is 7.11. The average Bonchev–Trinajstić information content (AvgIpc) is 2.62. The lowest BCUT2D eigenvalue weighted by Gasteiger charge is -2.34. The normalized spacial score (nSPS) is 16.8. The van der Waals surface area contributed by atoms with Crippen molar-refractivity contribution in [2.75, 3.05) is 19.7 Å². The van der Waals surface area contributed by atoms with Gasteiger partial charge in [0.1, 0.15) is 16.3 Å². The molecule has 1 saturated heterocycles. The van der Waals surface area contributed by atoms with Crippen LogP contribution in [0.1, 0.15) is 19.8 Å². The molecule has 0 aliphatic carbocycles. The van der Waals surface area contributed by atoms with E-state index < -0.39 is 4.75 Å². The minimum Gasteiger partial charge on any atom is -0.465 e. The van der Waals surface area contributed by atoms with Gasteiger partial charge in [-0.3, -0.25) is 4.79 Å². The number of allylic oxidation sites excluding steroid dienone is 3. The van der Waals surface area contributed by atoms with Crippen LogP contribution in [-0.2, 0) is 9.53 Å². The highest BCUT2D eigenvalue weighted by atomic mass is 32.2. The summed E-state index contributed by atoms with van der Waals surface area (Å²) in [6.45, 7) is 11.3. The van der Waals surface area contributed by atoms with Crippen LogP contribution in [0, 0.1) is 0 Å². The van der Waals surface area contributed by atoms with E-state index in [0.717, 1.165) is 30.8 Å². The third-order valence-electron chi connectivity index (χ3n) is 3.90. The number of thioether (sulfide) groups is 1. The quantitative estimate of drug-likeness (QED) is 0.430. The zero-order valence-corrected chi connectivity index (χ0v) is 15.4. The molecule has 1 N–H and O–H groups in total. The molecule has 1 aromatic rings. The van der Waals surface area contributed by atoms with E-state index >= 15 is 0 Å². The molecule has 2 rings (SSSR count). The summed E-state index contributed by atoms with van der Waals surface area (Å²) >= 11 is 1.56. The minimum atomic E-state index is -0.544. The number of benzene rings is 1. The second kappa shape index (κ2) is 9.49. The molecule has 4 nitrogen and oxygen atoms in total. The van der Waals surface area contributed by atoms with Crippen molar-refractivity contribution in [2.24, 2.45) is 0 Å². The fourth-order valence-electron chi connectivity index (χ4n) is 2.66. The van der Waals surface area contributed by atoms with Gasteiger partial charge in [0, 0.05) is 4.90 Å². The van der Waals surface area contributed by atoms with Crippen LogP contribution in [0.2, 0.25) is 0 Å². The van der Waals surface area contributed by atoms with E-state index in [1.807, 2.05) is 31.2 Å². The van der Waals surface area contributed by atoms with E-state index in [0.29, 0.717) is 18.1 Å². The predicted octanol–water partition coefficient (Wildman–Crippen LogP) is 4.10. The maximum Gasteiger partial charge on any atom is 0.322 e. The summed E-state index contributed by atoms with van der Waals surface area (Å²) in [4.78, 5) is 13.6. The van der Waals surface area contributed by atoms with Crippen molar-refractivity contribution in [2.45, 2.75) is 29.4 Å². The highest BCUT2D eigenvalue weighted by Crippen LogP contribution is 2.41. The monoisotopic (exact) mass is 359 g/mol. The van der Waals surface area contributed by atoms with Crippen LogP contribution in [-0.4, -0.2) is 30.4 Å². The van der Waals surface area contributed by atoms with Gasteiger partial charge in [-0.15, -0.1) is 11.8 Å². The lowest BCUT2D eigenvalue weighted by Crippen LogP contribution is -2.46. The highest BCUT2D eigenvalue weighted by molar-refractivity contribution is 8.01. The van der Waals surface area contributed by atoms with Crippen molar-refractivity contribution in [3.05, 3.63) is 61.4 Å². The average molecular weight is 359 g/mol. The van der Waals surface area contributed by atoms with Crippen molar-refractivity contribution in [1.82, 2.24) is 5.32 Å².